The van der Waals surface area contributed by atoms with Crippen LogP contribution >= 0.6 is 27.3 Å². The number of nitrogens with two attached hydrogens (primary N) is 1. The highest BCUT2D eigenvalue weighted by Gasteiger charge is 2.31. The molecule has 2 N–H and O–H groups in total. The van der Waals surface area contributed by atoms with Crippen LogP contribution in [0.25, 0.3) is 0 Å². The van der Waals surface area contributed by atoms with Crippen molar-refractivity contribution in [1.82, 2.24) is 9.80 Å². The van der Waals surface area contributed by atoms with Crippen LogP contribution in [0.5, 0.6) is 0 Å². The Bertz CT molecular complexity index is 380. The van der Waals surface area contributed by atoms with Crippen LogP contribution < -0.4 is 5.73 Å². The van der Waals surface area contributed by atoms with Crippen molar-refractivity contribution in [3.63, 3.8) is 0 Å². The second kappa shape index (κ2) is 6.48. The largest absolute Gasteiger partial charge is 0.329 e. The lowest BCUT2D eigenvalue weighted by Gasteiger charge is -2.33. The Labute approximate surface area is 122 Å². The molecule has 102 valence electrons. The first-order chi connectivity index (χ1) is 8.61. The number of halogens is 1. The Hall–Kier alpha value is 0.0600. The van der Waals surface area contributed by atoms with Crippen molar-refractivity contribution in [3.05, 3.63) is 20.8 Å². The minimum absolute atomic E-state index is 0.383. The van der Waals surface area contributed by atoms with Gasteiger partial charge in [-0.3, -0.25) is 4.90 Å². The molecular weight excluding hydrogens is 310 g/mol. The van der Waals surface area contributed by atoms with E-state index in [9.17, 15) is 0 Å². The van der Waals surface area contributed by atoms with Gasteiger partial charge < -0.3 is 10.6 Å². The van der Waals surface area contributed by atoms with Crippen molar-refractivity contribution in [2.24, 2.45) is 5.73 Å². The van der Waals surface area contributed by atoms with Crippen LogP contribution in [0.2, 0.25) is 0 Å². The zero-order chi connectivity index (χ0) is 13.1. The number of likely N-dealkylation sites (N-methyl/N-ethyl adjacent to an activating group) is 1. The molecule has 0 saturated carbocycles. The molecule has 1 aromatic rings. The average Bonchev–Trinajstić information content (AvgIpc) is 2.90. The summed E-state index contributed by atoms with van der Waals surface area (Å²) in [6, 6.07) is 5.36. The van der Waals surface area contributed by atoms with Crippen LogP contribution in [-0.4, -0.2) is 49.6 Å². The Morgan fingerprint density at radius 2 is 2.33 bits per heavy atom. The third-order valence-corrected chi connectivity index (χ3v) is 5.27. The van der Waals surface area contributed by atoms with Crippen LogP contribution in [0.1, 0.15) is 23.8 Å². The van der Waals surface area contributed by atoms with Crippen molar-refractivity contribution < 1.29 is 0 Å². The molecule has 0 radical (unpaired) electrons. The van der Waals surface area contributed by atoms with Gasteiger partial charge in [-0.05, 0) is 61.5 Å². The lowest BCUT2D eigenvalue weighted by molar-refractivity contribution is 0.158. The van der Waals surface area contributed by atoms with E-state index in [1.807, 2.05) is 11.3 Å². The normalized spacial score (nSPS) is 22.8. The Morgan fingerprint density at radius 3 is 2.89 bits per heavy atom. The zero-order valence-electron chi connectivity index (χ0n) is 11.1. The van der Waals surface area contributed by atoms with Gasteiger partial charge in [-0.1, -0.05) is 0 Å². The maximum Gasteiger partial charge on any atom is 0.0702 e. The summed E-state index contributed by atoms with van der Waals surface area (Å²) in [5.41, 5.74) is 6.02. The monoisotopic (exact) mass is 331 g/mol. The quantitative estimate of drug-likeness (QED) is 0.899. The molecule has 2 atom stereocenters. The molecule has 0 aliphatic carbocycles. The van der Waals surface area contributed by atoms with E-state index in [1.165, 1.54) is 28.0 Å². The third-order valence-electron chi connectivity index (χ3n) is 3.54. The fourth-order valence-corrected chi connectivity index (χ4v) is 4.37. The van der Waals surface area contributed by atoms with Crippen LogP contribution in [0.3, 0.4) is 0 Å². The van der Waals surface area contributed by atoms with Crippen molar-refractivity contribution in [3.8, 4) is 0 Å². The maximum absolute atomic E-state index is 6.02. The zero-order valence-corrected chi connectivity index (χ0v) is 13.5. The highest BCUT2D eigenvalue weighted by atomic mass is 79.9. The molecule has 2 rings (SSSR count). The van der Waals surface area contributed by atoms with Gasteiger partial charge in [0, 0.05) is 24.0 Å². The van der Waals surface area contributed by atoms with Gasteiger partial charge in [0.1, 0.15) is 0 Å². The molecule has 1 aliphatic heterocycles. The summed E-state index contributed by atoms with van der Waals surface area (Å²) >= 11 is 5.35. The van der Waals surface area contributed by atoms with Gasteiger partial charge in [0.05, 0.1) is 9.83 Å². The van der Waals surface area contributed by atoms with E-state index in [2.05, 4.69) is 52.0 Å². The topological polar surface area (TPSA) is 32.5 Å². The van der Waals surface area contributed by atoms with Crippen LogP contribution in [0.4, 0.5) is 0 Å². The van der Waals surface area contributed by atoms with Gasteiger partial charge in [0.2, 0.25) is 0 Å². The predicted octanol–water partition coefficient (Wildman–Crippen LogP) is 2.54. The smallest absolute Gasteiger partial charge is 0.0702 e. The van der Waals surface area contributed by atoms with E-state index in [4.69, 9.17) is 5.73 Å². The second-order valence-corrected chi connectivity index (χ2v) is 7.68. The summed E-state index contributed by atoms with van der Waals surface area (Å²) in [6.45, 7) is 3.01. The molecular formula is C13H22BrN3S. The van der Waals surface area contributed by atoms with E-state index >= 15 is 0 Å². The number of hydrogen-bond donors (Lipinski definition) is 1. The summed E-state index contributed by atoms with van der Waals surface area (Å²) in [5.74, 6) is 0. The Balaban J connectivity index is 2.11. The van der Waals surface area contributed by atoms with Crippen molar-refractivity contribution in [1.29, 1.82) is 0 Å². The van der Waals surface area contributed by atoms with Gasteiger partial charge in [-0.2, -0.15) is 0 Å². The van der Waals surface area contributed by atoms with Crippen LogP contribution in [0.15, 0.2) is 15.9 Å². The predicted molar refractivity (Wildman–Crippen MR) is 82.1 cm³/mol. The van der Waals surface area contributed by atoms with E-state index < -0.39 is 0 Å². The van der Waals surface area contributed by atoms with E-state index in [0.29, 0.717) is 18.6 Å². The fourth-order valence-electron chi connectivity index (χ4n) is 2.81. The Morgan fingerprint density at radius 1 is 1.56 bits per heavy atom. The summed E-state index contributed by atoms with van der Waals surface area (Å²) in [5, 5.41) is 0. The van der Waals surface area contributed by atoms with Crippen LogP contribution in [0, 0.1) is 0 Å². The van der Waals surface area contributed by atoms with Crippen LogP contribution in [-0.2, 0) is 0 Å². The average molecular weight is 332 g/mol. The second-order valence-electron chi connectivity index (χ2n) is 5.19. The molecule has 0 amide bonds. The molecule has 2 unspecified atom stereocenters. The lowest BCUT2D eigenvalue weighted by atomic mass is 10.1. The number of hydrogen-bond acceptors (Lipinski definition) is 4. The molecule has 1 fully saturated rings. The SMILES string of the molecule is CN(C)CC1CCCN1C(CN)c1ccc(Br)s1. The highest BCUT2D eigenvalue weighted by molar-refractivity contribution is 9.11. The number of rotatable bonds is 5. The minimum Gasteiger partial charge on any atom is -0.329 e. The lowest BCUT2D eigenvalue weighted by Crippen LogP contribution is -2.42. The standard InChI is InChI=1S/C13H22BrN3S/c1-16(2)9-10-4-3-7-17(10)11(8-15)12-5-6-13(14)18-12/h5-6,10-11H,3-4,7-9,15H2,1-2H3. The first-order valence-electron chi connectivity index (χ1n) is 6.47. The molecule has 0 spiro atoms. The van der Waals surface area contributed by atoms with Gasteiger partial charge in [0.25, 0.3) is 0 Å². The molecule has 0 bridgehead atoms. The van der Waals surface area contributed by atoms with Crippen molar-refractivity contribution in [2.45, 2.75) is 24.9 Å². The van der Waals surface area contributed by atoms with E-state index in [-0.39, 0.29) is 0 Å². The molecule has 1 aliphatic rings. The highest BCUT2D eigenvalue weighted by Crippen LogP contribution is 2.34. The number of thiophene rings is 1. The molecule has 2 heterocycles. The first-order valence-corrected chi connectivity index (χ1v) is 8.08. The third kappa shape index (κ3) is 3.33. The number of likely N-dealkylation sites (tertiary alicyclic amines) is 1. The van der Waals surface area contributed by atoms with Gasteiger partial charge >= 0.3 is 0 Å². The van der Waals surface area contributed by atoms with Gasteiger partial charge in [-0.25, -0.2) is 0 Å². The summed E-state index contributed by atoms with van der Waals surface area (Å²) in [6.07, 6.45) is 2.59. The van der Waals surface area contributed by atoms with Gasteiger partial charge in [0.15, 0.2) is 0 Å². The van der Waals surface area contributed by atoms with E-state index in [1.54, 1.807) is 0 Å². The molecule has 3 nitrogen and oxygen atoms in total. The van der Waals surface area contributed by atoms with Crippen molar-refractivity contribution in [2.75, 3.05) is 33.7 Å². The summed E-state index contributed by atoms with van der Waals surface area (Å²) < 4.78 is 1.19. The summed E-state index contributed by atoms with van der Waals surface area (Å²) in [4.78, 5) is 6.26. The molecule has 5 heteroatoms. The fraction of sp³-hybridized carbons (Fsp3) is 0.692. The van der Waals surface area contributed by atoms with Crippen molar-refractivity contribution >= 4 is 27.3 Å². The van der Waals surface area contributed by atoms with Gasteiger partial charge in [-0.15, -0.1) is 11.3 Å². The first kappa shape index (κ1) is 14.5. The molecule has 18 heavy (non-hydrogen) atoms. The number of nitrogens with zero attached hydrogens (tertiary/aromatic N) is 2. The molecule has 1 saturated heterocycles. The van der Waals surface area contributed by atoms with E-state index in [0.717, 1.165) is 6.54 Å². The molecule has 0 aromatic carbocycles. The Kier molecular flexibility index (Phi) is 5.21. The molecule has 1 aromatic heterocycles. The summed E-state index contributed by atoms with van der Waals surface area (Å²) in [7, 11) is 4.30. The maximum atomic E-state index is 6.02. The minimum atomic E-state index is 0.383.